The third kappa shape index (κ3) is 3.63. The Kier molecular flexibility index (Phi) is 4.82. The lowest BCUT2D eigenvalue weighted by molar-refractivity contribution is -0.140. The van der Waals surface area contributed by atoms with E-state index in [1.807, 2.05) is 0 Å². The van der Waals surface area contributed by atoms with E-state index < -0.39 is 30.3 Å². The Morgan fingerprint density at radius 2 is 2.12 bits per heavy atom. The van der Waals surface area contributed by atoms with Gasteiger partial charge >= 0.3 is 5.97 Å². The molecule has 0 aliphatic carbocycles. The Morgan fingerprint density at radius 1 is 1.47 bits per heavy atom. The standard InChI is InChI=1S/C10H9FINO4/c11-5-1-2-6(7(12)3-5)9(15)13-8(4-14)10(16)17/h1-3,8,14H,4H2,(H,13,15)(H,16,17)/t8-/m0/s1. The first-order valence-corrected chi connectivity index (χ1v) is 5.63. The minimum absolute atomic E-state index is 0.159. The van der Waals surface area contributed by atoms with Gasteiger partial charge in [0.05, 0.1) is 12.2 Å². The fourth-order valence-corrected chi connectivity index (χ4v) is 1.82. The van der Waals surface area contributed by atoms with Crippen molar-refractivity contribution >= 4 is 34.5 Å². The van der Waals surface area contributed by atoms with E-state index in [9.17, 15) is 14.0 Å². The van der Waals surface area contributed by atoms with Crippen LogP contribution in [0.1, 0.15) is 10.4 Å². The second-order valence-corrected chi connectivity index (χ2v) is 4.33. The number of aliphatic hydroxyl groups excluding tert-OH is 1. The number of nitrogens with one attached hydrogen (secondary N) is 1. The molecule has 92 valence electrons. The first kappa shape index (κ1) is 13.8. The molecule has 1 atom stereocenters. The molecule has 0 saturated heterocycles. The van der Waals surface area contributed by atoms with Crippen LogP contribution in [-0.2, 0) is 4.79 Å². The average molecular weight is 353 g/mol. The van der Waals surface area contributed by atoms with Crippen LogP contribution < -0.4 is 5.32 Å². The molecule has 0 fully saturated rings. The lowest BCUT2D eigenvalue weighted by Crippen LogP contribution is -2.43. The molecule has 0 bridgehead atoms. The molecule has 0 aliphatic heterocycles. The van der Waals surface area contributed by atoms with Gasteiger partial charge in [0.25, 0.3) is 5.91 Å². The molecule has 3 N–H and O–H groups in total. The van der Waals surface area contributed by atoms with E-state index in [1.54, 1.807) is 22.6 Å². The minimum atomic E-state index is -1.37. The number of benzene rings is 1. The van der Waals surface area contributed by atoms with Gasteiger partial charge in [-0.1, -0.05) is 0 Å². The number of carboxylic acid groups (broad SMARTS) is 1. The number of aliphatic carboxylic acids is 1. The van der Waals surface area contributed by atoms with Gasteiger partial charge in [-0.3, -0.25) is 4.79 Å². The van der Waals surface area contributed by atoms with Crippen LogP contribution in [0.15, 0.2) is 18.2 Å². The van der Waals surface area contributed by atoms with Crippen LogP contribution in [-0.4, -0.2) is 34.7 Å². The van der Waals surface area contributed by atoms with E-state index in [-0.39, 0.29) is 5.56 Å². The molecule has 0 radical (unpaired) electrons. The van der Waals surface area contributed by atoms with Crippen molar-refractivity contribution in [3.05, 3.63) is 33.1 Å². The Bertz CT molecular complexity index is 452. The number of halogens is 2. The number of carbonyl (C=O) groups is 2. The van der Waals surface area contributed by atoms with Crippen molar-refractivity contribution in [1.82, 2.24) is 5.32 Å². The monoisotopic (exact) mass is 353 g/mol. The summed E-state index contributed by atoms with van der Waals surface area (Å²) >= 11 is 1.77. The van der Waals surface area contributed by atoms with Gasteiger partial charge in [-0.2, -0.15) is 0 Å². The molecule has 0 saturated carbocycles. The highest BCUT2D eigenvalue weighted by atomic mass is 127. The summed E-state index contributed by atoms with van der Waals surface area (Å²) in [5, 5.41) is 19.5. The van der Waals surface area contributed by atoms with Crippen molar-refractivity contribution in [1.29, 1.82) is 0 Å². The number of amides is 1. The van der Waals surface area contributed by atoms with E-state index >= 15 is 0 Å². The first-order chi connectivity index (χ1) is 7.95. The quantitative estimate of drug-likeness (QED) is 0.693. The highest BCUT2D eigenvalue weighted by molar-refractivity contribution is 14.1. The number of rotatable bonds is 4. The summed E-state index contributed by atoms with van der Waals surface area (Å²) in [6, 6.07) is 2.14. The molecule has 1 aromatic carbocycles. The number of carboxylic acids is 1. The maximum atomic E-state index is 12.8. The Labute approximate surface area is 110 Å². The van der Waals surface area contributed by atoms with Crippen molar-refractivity contribution in [2.24, 2.45) is 0 Å². The molecule has 0 unspecified atom stereocenters. The van der Waals surface area contributed by atoms with Crippen LogP contribution in [0.5, 0.6) is 0 Å². The lowest BCUT2D eigenvalue weighted by atomic mass is 10.2. The van der Waals surface area contributed by atoms with E-state index in [0.717, 1.165) is 12.1 Å². The molecule has 0 aliphatic rings. The molecule has 5 nitrogen and oxygen atoms in total. The highest BCUT2D eigenvalue weighted by Crippen LogP contribution is 2.13. The summed E-state index contributed by atoms with van der Waals surface area (Å²) in [6.45, 7) is -0.709. The largest absolute Gasteiger partial charge is 0.480 e. The lowest BCUT2D eigenvalue weighted by Gasteiger charge is -2.12. The summed E-state index contributed by atoms with van der Waals surface area (Å²) in [7, 11) is 0. The topological polar surface area (TPSA) is 86.6 Å². The Hall–Kier alpha value is -1.22. The fraction of sp³-hybridized carbons (Fsp3) is 0.200. The predicted molar refractivity (Wildman–Crippen MR) is 65.1 cm³/mol. The van der Waals surface area contributed by atoms with Gasteiger partial charge in [0.2, 0.25) is 0 Å². The van der Waals surface area contributed by atoms with E-state index in [1.165, 1.54) is 6.07 Å². The zero-order valence-corrected chi connectivity index (χ0v) is 10.6. The zero-order valence-electron chi connectivity index (χ0n) is 8.48. The maximum Gasteiger partial charge on any atom is 0.328 e. The molecule has 1 amide bonds. The van der Waals surface area contributed by atoms with Gasteiger partial charge < -0.3 is 15.5 Å². The highest BCUT2D eigenvalue weighted by Gasteiger charge is 2.20. The van der Waals surface area contributed by atoms with Gasteiger partial charge in [0.15, 0.2) is 6.04 Å². The van der Waals surface area contributed by atoms with E-state index in [0.29, 0.717) is 3.57 Å². The summed E-state index contributed by atoms with van der Waals surface area (Å²) in [5.74, 6) is -2.49. The molecular weight excluding hydrogens is 344 g/mol. The summed E-state index contributed by atoms with van der Waals surface area (Å²) in [5.41, 5.74) is 0.159. The molecule has 1 aromatic rings. The predicted octanol–water partition coefficient (Wildman–Crippen LogP) is 0.606. The zero-order chi connectivity index (χ0) is 13.0. The van der Waals surface area contributed by atoms with Crippen LogP contribution in [0.2, 0.25) is 0 Å². The number of aliphatic hydroxyl groups is 1. The van der Waals surface area contributed by atoms with Crippen LogP contribution >= 0.6 is 22.6 Å². The van der Waals surface area contributed by atoms with Gasteiger partial charge in [-0.25, -0.2) is 9.18 Å². The van der Waals surface area contributed by atoms with Crippen molar-refractivity contribution in [3.63, 3.8) is 0 Å². The molecule has 0 spiro atoms. The van der Waals surface area contributed by atoms with E-state index in [4.69, 9.17) is 10.2 Å². The second kappa shape index (κ2) is 5.92. The second-order valence-electron chi connectivity index (χ2n) is 3.17. The van der Waals surface area contributed by atoms with Crippen molar-refractivity contribution in [2.75, 3.05) is 6.61 Å². The molecule has 1 rings (SSSR count). The molecule has 17 heavy (non-hydrogen) atoms. The van der Waals surface area contributed by atoms with Crippen LogP contribution in [0.3, 0.4) is 0 Å². The molecular formula is C10H9FINO4. The SMILES string of the molecule is O=C(N[C@@H](CO)C(=O)O)c1ccc(F)cc1I. The third-order valence-corrected chi connectivity index (χ3v) is 2.85. The molecule has 0 aromatic heterocycles. The van der Waals surface area contributed by atoms with Crippen LogP contribution in [0.25, 0.3) is 0 Å². The van der Waals surface area contributed by atoms with Gasteiger partial charge in [-0.15, -0.1) is 0 Å². The van der Waals surface area contributed by atoms with Crippen molar-refractivity contribution in [3.8, 4) is 0 Å². The summed E-state index contributed by atoms with van der Waals surface area (Å²) in [4.78, 5) is 22.2. The number of hydrogen-bond acceptors (Lipinski definition) is 3. The normalized spacial score (nSPS) is 11.9. The maximum absolute atomic E-state index is 12.8. The summed E-state index contributed by atoms with van der Waals surface area (Å²) in [6.07, 6.45) is 0. The van der Waals surface area contributed by atoms with Gasteiger partial charge in [0, 0.05) is 3.57 Å². The average Bonchev–Trinajstić information content (AvgIpc) is 2.24. The number of carbonyl (C=O) groups excluding carboxylic acids is 1. The molecule has 0 heterocycles. The molecule has 7 heteroatoms. The van der Waals surface area contributed by atoms with Gasteiger partial charge in [-0.05, 0) is 40.8 Å². The van der Waals surface area contributed by atoms with Crippen LogP contribution in [0, 0.1) is 9.39 Å². The van der Waals surface area contributed by atoms with Crippen molar-refractivity contribution in [2.45, 2.75) is 6.04 Å². The van der Waals surface area contributed by atoms with Crippen LogP contribution in [0.4, 0.5) is 4.39 Å². The van der Waals surface area contributed by atoms with E-state index in [2.05, 4.69) is 5.32 Å². The van der Waals surface area contributed by atoms with Gasteiger partial charge in [0.1, 0.15) is 5.82 Å². The smallest absolute Gasteiger partial charge is 0.328 e. The Morgan fingerprint density at radius 3 is 2.59 bits per heavy atom. The third-order valence-electron chi connectivity index (χ3n) is 1.96. The van der Waals surface area contributed by atoms with Crippen molar-refractivity contribution < 1.29 is 24.2 Å². The minimum Gasteiger partial charge on any atom is -0.480 e. The number of hydrogen-bond donors (Lipinski definition) is 3. The Balaban J connectivity index is 2.86. The summed E-state index contributed by atoms with van der Waals surface area (Å²) < 4.78 is 13.2. The fourth-order valence-electron chi connectivity index (χ4n) is 1.10. The first-order valence-electron chi connectivity index (χ1n) is 4.55.